The van der Waals surface area contributed by atoms with Crippen LogP contribution < -0.4 is 10.5 Å². The molecule has 1 aromatic heterocycles. The van der Waals surface area contributed by atoms with E-state index >= 15 is 0 Å². The highest BCUT2D eigenvalue weighted by Gasteiger charge is 2.35. The molecule has 0 amide bonds. The first-order chi connectivity index (χ1) is 10.5. The van der Waals surface area contributed by atoms with Gasteiger partial charge in [-0.15, -0.1) is 0 Å². The standard InChI is InChI=1S/C16H16F2N2O2/c1-19-15(3-2-4-16(19)22)20-9-11(21)8-14(20)12-7-10(17)5-6-13(12)18/h2-7,11,14,21H,8-9H2,1H3/t11-,14-/m0/s1. The average molecular weight is 306 g/mol. The van der Waals surface area contributed by atoms with Crippen LogP contribution in [0.5, 0.6) is 0 Å². The summed E-state index contributed by atoms with van der Waals surface area (Å²) in [6.07, 6.45) is -0.383. The minimum absolute atomic E-state index is 0.188. The van der Waals surface area contributed by atoms with Crippen LogP contribution in [0, 0.1) is 11.6 Å². The number of pyridine rings is 1. The lowest BCUT2D eigenvalue weighted by Crippen LogP contribution is -2.31. The Balaban J connectivity index is 2.08. The number of halogens is 2. The first-order valence-electron chi connectivity index (χ1n) is 7.03. The van der Waals surface area contributed by atoms with Crippen molar-refractivity contribution in [3.8, 4) is 0 Å². The molecule has 2 aromatic rings. The maximum absolute atomic E-state index is 14.1. The van der Waals surface area contributed by atoms with Gasteiger partial charge >= 0.3 is 0 Å². The second-order valence-corrected chi connectivity index (χ2v) is 5.50. The number of anilines is 1. The third-order valence-corrected chi connectivity index (χ3v) is 4.05. The quantitative estimate of drug-likeness (QED) is 0.923. The average Bonchev–Trinajstić information content (AvgIpc) is 2.86. The number of aliphatic hydroxyl groups is 1. The fraction of sp³-hybridized carbons (Fsp3) is 0.312. The fourth-order valence-electron chi connectivity index (χ4n) is 2.97. The van der Waals surface area contributed by atoms with E-state index in [1.807, 2.05) is 0 Å². The zero-order valence-electron chi connectivity index (χ0n) is 12.0. The first kappa shape index (κ1) is 14.7. The fourth-order valence-corrected chi connectivity index (χ4v) is 2.97. The molecular weight excluding hydrogens is 290 g/mol. The molecule has 1 aliphatic heterocycles. The third-order valence-electron chi connectivity index (χ3n) is 4.05. The molecule has 0 unspecified atom stereocenters. The van der Waals surface area contributed by atoms with Crippen LogP contribution >= 0.6 is 0 Å². The molecule has 0 saturated carbocycles. The van der Waals surface area contributed by atoms with Gasteiger partial charge in [-0.05, 0) is 30.7 Å². The molecule has 1 saturated heterocycles. The molecule has 1 aromatic carbocycles. The summed E-state index contributed by atoms with van der Waals surface area (Å²) in [4.78, 5) is 13.5. The Morgan fingerprint density at radius 1 is 1.23 bits per heavy atom. The topological polar surface area (TPSA) is 45.5 Å². The van der Waals surface area contributed by atoms with Crippen LogP contribution in [-0.4, -0.2) is 22.3 Å². The zero-order chi connectivity index (χ0) is 15.9. The minimum atomic E-state index is -0.664. The summed E-state index contributed by atoms with van der Waals surface area (Å²) in [7, 11) is 1.61. The summed E-state index contributed by atoms with van der Waals surface area (Å²) in [5, 5.41) is 9.97. The largest absolute Gasteiger partial charge is 0.391 e. The van der Waals surface area contributed by atoms with Crippen molar-refractivity contribution in [2.45, 2.75) is 18.6 Å². The predicted molar refractivity (Wildman–Crippen MR) is 78.8 cm³/mol. The molecule has 0 spiro atoms. The molecule has 116 valence electrons. The van der Waals surface area contributed by atoms with E-state index in [1.54, 1.807) is 24.1 Å². The Labute approximate surface area is 126 Å². The zero-order valence-corrected chi connectivity index (χ0v) is 12.0. The van der Waals surface area contributed by atoms with Gasteiger partial charge in [0.2, 0.25) is 0 Å². The normalized spacial score (nSPS) is 21.4. The summed E-state index contributed by atoms with van der Waals surface area (Å²) < 4.78 is 29.0. The highest BCUT2D eigenvalue weighted by Crippen LogP contribution is 2.36. The Morgan fingerprint density at radius 2 is 2.00 bits per heavy atom. The lowest BCUT2D eigenvalue weighted by molar-refractivity contribution is 0.194. The van der Waals surface area contributed by atoms with Gasteiger partial charge in [-0.3, -0.25) is 9.36 Å². The van der Waals surface area contributed by atoms with Crippen LogP contribution in [0.15, 0.2) is 41.2 Å². The molecule has 1 N–H and O–H groups in total. The molecular formula is C16H16F2N2O2. The van der Waals surface area contributed by atoms with Crippen molar-refractivity contribution in [3.05, 3.63) is 63.9 Å². The second-order valence-electron chi connectivity index (χ2n) is 5.50. The number of β-amino-alcohol motifs (C(OH)–C–C–N with tert-alkyl or cyclic N) is 1. The molecule has 2 atom stereocenters. The number of aliphatic hydroxyl groups excluding tert-OH is 1. The van der Waals surface area contributed by atoms with Gasteiger partial charge < -0.3 is 10.0 Å². The molecule has 0 radical (unpaired) electrons. The van der Waals surface area contributed by atoms with Crippen molar-refractivity contribution in [3.63, 3.8) is 0 Å². The number of aromatic nitrogens is 1. The van der Waals surface area contributed by atoms with Crippen molar-refractivity contribution in [1.82, 2.24) is 4.57 Å². The molecule has 1 aliphatic rings. The van der Waals surface area contributed by atoms with Crippen molar-refractivity contribution < 1.29 is 13.9 Å². The predicted octanol–water partition coefficient (Wildman–Crippen LogP) is 1.98. The smallest absolute Gasteiger partial charge is 0.251 e. The van der Waals surface area contributed by atoms with Crippen LogP contribution in [0.2, 0.25) is 0 Å². The van der Waals surface area contributed by atoms with Gasteiger partial charge in [0.1, 0.15) is 17.5 Å². The van der Waals surface area contributed by atoms with E-state index in [1.165, 1.54) is 10.6 Å². The number of hydrogen-bond donors (Lipinski definition) is 1. The van der Waals surface area contributed by atoms with E-state index in [-0.39, 0.29) is 24.1 Å². The van der Waals surface area contributed by atoms with Crippen LogP contribution in [-0.2, 0) is 7.05 Å². The van der Waals surface area contributed by atoms with E-state index in [0.717, 1.165) is 18.2 Å². The van der Waals surface area contributed by atoms with E-state index < -0.39 is 23.8 Å². The van der Waals surface area contributed by atoms with Gasteiger partial charge in [0.05, 0.1) is 12.1 Å². The maximum Gasteiger partial charge on any atom is 0.251 e. The van der Waals surface area contributed by atoms with Crippen LogP contribution in [0.3, 0.4) is 0 Å². The maximum atomic E-state index is 14.1. The van der Waals surface area contributed by atoms with Crippen molar-refractivity contribution >= 4 is 5.82 Å². The monoisotopic (exact) mass is 306 g/mol. The van der Waals surface area contributed by atoms with E-state index in [4.69, 9.17) is 0 Å². The molecule has 22 heavy (non-hydrogen) atoms. The van der Waals surface area contributed by atoms with E-state index in [0.29, 0.717) is 5.82 Å². The van der Waals surface area contributed by atoms with Crippen LogP contribution in [0.1, 0.15) is 18.0 Å². The van der Waals surface area contributed by atoms with Gasteiger partial charge in [0.15, 0.2) is 0 Å². The van der Waals surface area contributed by atoms with Crippen molar-refractivity contribution in [1.29, 1.82) is 0 Å². The molecule has 2 heterocycles. The summed E-state index contributed by atoms with van der Waals surface area (Å²) in [6.45, 7) is 0.262. The number of nitrogens with zero attached hydrogens (tertiary/aromatic N) is 2. The molecule has 0 bridgehead atoms. The van der Waals surface area contributed by atoms with Gasteiger partial charge in [-0.25, -0.2) is 8.78 Å². The Hall–Kier alpha value is -2.21. The number of hydrogen-bond acceptors (Lipinski definition) is 3. The number of benzene rings is 1. The molecule has 4 nitrogen and oxygen atoms in total. The first-order valence-corrected chi connectivity index (χ1v) is 7.03. The van der Waals surface area contributed by atoms with Crippen molar-refractivity contribution in [2.75, 3.05) is 11.4 Å². The Kier molecular flexibility index (Phi) is 3.70. The van der Waals surface area contributed by atoms with Crippen LogP contribution in [0.25, 0.3) is 0 Å². The lowest BCUT2D eigenvalue weighted by Gasteiger charge is -2.28. The molecule has 6 heteroatoms. The second kappa shape index (κ2) is 5.53. The lowest BCUT2D eigenvalue weighted by atomic mass is 10.0. The van der Waals surface area contributed by atoms with E-state index in [9.17, 15) is 18.7 Å². The highest BCUT2D eigenvalue weighted by atomic mass is 19.1. The SMILES string of the molecule is Cn1c(N2C[C@@H](O)C[C@H]2c2cc(F)ccc2F)cccc1=O. The Bertz CT molecular complexity index is 760. The molecule has 1 fully saturated rings. The van der Waals surface area contributed by atoms with Crippen molar-refractivity contribution in [2.24, 2.45) is 7.05 Å². The summed E-state index contributed by atoms with van der Waals surface area (Å²) >= 11 is 0. The summed E-state index contributed by atoms with van der Waals surface area (Å²) in [5.41, 5.74) is -0.00907. The van der Waals surface area contributed by atoms with Gasteiger partial charge in [0, 0.05) is 25.2 Å². The highest BCUT2D eigenvalue weighted by molar-refractivity contribution is 5.46. The molecule has 0 aliphatic carbocycles. The summed E-state index contributed by atoms with van der Waals surface area (Å²) in [5.74, 6) is -0.483. The van der Waals surface area contributed by atoms with Crippen LogP contribution in [0.4, 0.5) is 14.6 Å². The van der Waals surface area contributed by atoms with Gasteiger partial charge in [0.25, 0.3) is 5.56 Å². The number of rotatable bonds is 2. The van der Waals surface area contributed by atoms with E-state index in [2.05, 4.69) is 0 Å². The summed E-state index contributed by atoms with van der Waals surface area (Å²) in [6, 6.07) is 7.54. The Morgan fingerprint density at radius 3 is 2.77 bits per heavy atom. The minimum Gasteiger partial charge on any atom is -0.391 e. The van der Waals surface area contributed by atoms with Gasteiger partial charge in [-0.2, -0.15) is 0 Å². The third kappa shape index (κ3) is 2.50. The van der Waals surface area contributed by atoms with Gasteiger partial charge in [-0.1, -0.05) is 6.07 Å². The molecule has 3 rings (SSSR count).